The summed E-state index contributed by atoms with van der Waals surface area (Å²) in [6, 6.07) is 8.30. The van der Waals surface area contributed by atoms with E-state index < -0.39 is 36.7 Å². The van der Waals surface area contributed by atoms with Crippen LogP contribution in [0.5, 0.6) is 0 Å². The molecule has 0 spiro atoms. The van der Waals surface area contributed by atoms with Crippen molar-refractivity contribution in [1.29, 1.82) is 0 Å². The normalized spacial score (nSPS) is 19.7. The Morgan fingerprint density at radius 2 is 1.89 bits per heavy atom. The number of nitrogens with zero attached hydrogens (tertiary/aromatic N) is 5. The maximum absolute atomic E-state index is 13.6. The lowest BCUT2D eigenvalue weighted by Gasteiger charge is -2.43. The number of aromatic nitrogens is 3. The van der Waals surface area contributed by atoms with Crippen molar-refractivity contribution in [2.75, 3.05) is 4.90 Å². The lowest BCUT2D eigenvalue weighted by Crippen LogP contribution is -2.57. The zero-order chi connectivity index (χ0) is 25.4. The Kier molecular flexibility index (Phi) is 6.42. The van der Waals surface area contributed by atoms with Gasteiger partial charge in [-0.25, -0.2) is 4.98 Å². The maximum atomic E-state index is 13.6. The number of rotatable bonds is 6. The molecule has 8 nitrogen and oxygen atoms in total. The van der Waals surface area contributed by atoms with Crippen LogP contribution >= 0.6 is 0 Å². The van der Waals surface area contributed by atoms with Crippen LogP contribution in [0.4, 0.5) is 23.4 Å². The van der Waals surface area contributed by atoms with Crippen LogP contribution in [-0.2, 0) is 11.3 Å². The van der Waals surface area contributed by atoms with Gasteiger partial charge in [0, 0.05) is 23.9 Å². The van der Waals surface area contributed by atoms with Gasteiger partial charge in [-0.1, -0.05) is 25.0 Å². The van der Waals surface area contributed by atoms with Gasteiger partial charge in [0.1, 0.15) is 5.82 Å². The van der Waals surface area contributed by atoms with E-state index in [4.69, 9.17) is 4.42 Å². The van der Waals surface area contributed by atoms with Gasteiger partial charge in [0.15, 0.2) is 0 Å². The molecule has 188 valence electrons. The first kappa shape index (κ1) is 23.9. The molecule has 2 aromatic heterocycles. The van der Waals surface area contributed by atoms with Crippen molar-refractivity contribution in [2.24, 2.45) is 0 Å². The Morgan fingerprint density at radius 1 is 1.08 bits per heavy atom. The summed E-state index contributed by atoms with van der Waals surface area (Å²) in [6.07, 6.45) is -2.28. The van der Waals surface area contributed by atoms with Crippen LogP contribution in [0.25, 0.3) is 11.5 Å². The van der Waals surface area contributed by atoms with Gasteiger partial charge in [0.2, 0.25) is 5.89 Å². The topological polar surface area (TPSA) is 92.4 Å². The molecule has 0 saturated heterocycles. The first-order valence-electron chi connectivity index (χ1n) is 11.4. The minimum absolute atomic E-state index is 0.109. The second-order valence-corrected chi connectivity index (χ2v) is 8.67. The zero-order valence-electron chi connectivity index (χ0n) is 18.9. The molecule has 3 heterocycles. The van der Waals surface area contributed by atoms with Gasteiger partial charge in [0.25, 0.3) is 17.7 Å². The molecule has 1 aliphatic heterocycles. The molecular weight excluding hydrogens is 482 g/mol. The smallest absolute Gasteiger partial charge is 0.316 e. The number of pyridine rings is 1. The summed E-state index contributed by atoms with van der Waals surface area (Å²) < 4.78 is 57.9. The highest BCUT2D eigenvalue weighted by Gasteiger charge is 2.43. The number of halogens is 4. The fraction of sp³-hybridized carbons (Fsp3) is 0.375. The van der Waals surface area contributed by atoms with E-state index in [1.807, 2.05) is 0 Å². The average molecular weight is 503 g/mol. The van der Waals surface area contributed by atoms with Gasteiger partial charge >= 0.3 is 12.9 Å². The Balaban J connectivity index is 1.45. The molecule has 0 N–H and O–H groups in total. The van der Waals surface area contributed by atoms with Crippen LogP contribution in [0.2, 0.25) is 0 Å². The van der Waals surface area contributed by atoms with E-state index in [-0.39, 0.29) is 24.2 Å². The first-order valence-corrected chi connectivity index (χ1v) is 11.4. The third-order valence-corrected chi connectivity index (χ3v) is 6.56. The molecule has 5 rings (SSSR count). The molecule has 0 unspecified atom stereocenters. The van der Waals surface area contributed by atoms with Gasteiger partial charge in [-0.2, -0.15) is 17.6 Å². The minimum atomic E-state index is -3.23. The summed E-state index contributed by atoms with van der Waals surface area (Å²) in [6.45, 7) is 0.223. The van der Waals surface area contributed by atoms with Crippen LogP contribution < -0.4 is 4.90 Å². The van der Waals surface area contributed by atoms with Crippen molar-refractivity contribution in [3.63, 3.8) is 0 Å². The molecule has 2 atom stereocenters. The van der Waals surface area contributed by atoms with Crippen molar-refractivity contribution >= 4 is 17.6 Å². The lowest BCUT2D eigenvalue weighted by molar-refractivity contribution is -0.130. The minimum Gasteiger partial charge on any atom is -0.415 e. The first-order chi connectivity index (χ1) is 17.3. The van der Waals surface area contributed by atoms with E-state index in [1.165, 1.54) is 18.3 Å². The van der Waals surface area contributed by atoms with E-state index in [2.05, 4.69) is 15.2 Å². The second-order valence-electron chi connectivity index (χ2n) is 8.67. The maximum Gasteiger partial charge on any atom is 0.316 e. The summed E-state index contributed by atoms with van der Waals surface area (Å²) >= 11 is 0. The standard InChI is InChI=1S/C24H21F4N5O3/c25-19(26)22-31-30-21(36-22)13-8-9-14-12-32(23(34)15(14)11-13)16-5-1-2-6-17(16)33(24(35)20(27)28)18-7-3-4-10-29-18/h3-4,7-11,16-17,19-20H,1-2,5-6,12H2/t16-,17-/m1/s1. The van der Waals surface area contributed by atoms with Crippen molar-refractivity contribution in [2.45, 2.75) is 57.2 Å². The number of carbonyl (C=O) groups is 2. The second kappa shape index (κ2) is 9.67. The number of benzene rings is 1. The summed E-state index contributed by atoms with van der Waals surface area (Å²) in [5.41, 5.74) is 1.33. The fourth-order valence-corrected chi connectivity index (χ4v) is 4.97. The number of hydrogen-bond acceptors (Lipinski definition) is 6. The van der Waals surface area contributed by atoms with E-state index >= 15 is 0 Å². The highest BCUT2D eigenvalue weighted by molar-refractivity contribution is 6.00. The molecule has 0 radical (unpaired) electrons. The van der Waals surface area contributed by atoms with Crippen molar-refractivity contribution in [1.82, 2.24) is 20.1 Å². The summed E-state index contributed by atoms with van der Waals surface area (Å²) in [5, 5.41) is 6.94. The van der Waals surface area contributed by atoms with Gasteiger partial charge in [0.05, 0.1) is 12.1 Å². The van der Waals surface area contributed by atoms with Crippen molar-refractivity contribution in [3.05, 3.63) is 59.6 Å². The molecule has 2 amide bonds. The van der Waals surface area contributed by atoms with Crippen molar-refractivity contribution in [3.8, 4) is 11.5 Å². The predicted octanol–water partition coefficient (Wildman–Crippen LogP) is 4.63. The van der Waals surface area contributed by atoms with Crippen LogP contribution in [-0.4, -0.2) is 50.4 Å². The fourth-order valence-electron chi connectivity index (χ4n) is 4.97. The van der Waals surface area contributed by atoms with Gasteiger partial charge in [-0.3, -0.25) is 14.5 Å². The zero-order valence-corrected chi connectivity index (χ0v) is 18.9. The third kappa shape index (κ3) is 4.31. The molecule has 2 aliphatic rings. The number of hydrogen-bond donors (Lipinski definition) is 0. The van der Waals surface area contributed by atoms with E-state index in [0.717, 1.165) is 11.3 Å². The highest BCUT2D eigenvalue weighted by atomic mass is 19.3. The van der Waals surface area contributed by atoms with Crippen LogP contribution in [0, 0.1) is 0 Å². The van der Waals surface area contributed by atoms with Gasteiger partial charge in [-0.15, -0.1) is 10.2 Å². The average Bonchev–Trinajstić information content (AvgIpc) is 3.50. The number of fused-ring (bicyclic) bond motifs is 1. The highest BCUT2D eigenvalue weighted by Crippen LogP contribution is 2.36. The molecule has 1 fully saturated rings. The number of alkyl halides is 4. The largest absolute Gasteiger partial charge is 0.415 e. The predicted molar refractivity (Wildman–Crippen MR) is 118 cm³/mol. The van der Waals surface area contributed by atoms with Gasteiger partial charge < -0.3 is 9.32 Å². The summed E-state index contributed by atoms with van der Waals surface area (Å²) in [7, 11) is 0. The quantitative estimate of drug-likeness (QED) is 0.456. The Morgan fingerprint density at radius 3 is 2.58 bits per heavy atom. The summed E-state index contributed by atoms with van der Waals surface area (Å²) in [5.74, 6) is -2.55. The summed E-state index contributed by atoms with van der Waals surface area (Å²) in [4.78, 5) is 32.8. The lowest BCUT2D eigenvalue weighted by atomic mass is 9.87. The number of anilines is 1. The SMILES string of the molecule is O=C1c2cc(-c3nnc(C(F)F)o3)ccc2CN1[C@@H]1CCCC[C@H]1N(C(=O)C(F)F)c1ccccn1. The van der Waals surface area contributed by atoms with Crippen LogP contribution in [0.3, 0.4) is 0 Å². The molecule has 0 bridgehead atoms. The Hall–Kier alpha value is -3.83. The van der Waals surface area contributed by atoms with Crippen LogP contribution in [0.1, 0.15) is 53.9 Å². The molecule has 3 aromatic rings. The van der Waals surface area contributed by atoms with Crippen molar-refractivity contribution < 1.29 is 31.6 Å². The van der Waals surface area contributed by atoms with E-state index in [0.29, 0.717) is 36.0 Å². The monoisotopic (exact) mass is 503 g/mol. The molecule has 1 saturated carbocycles. The molecule has 36 heavy (non-hydrogen) atoms. The Labute approximate surface area is 202 Å². The molecule has 1 aliphatic carbocycles. The van der Waals surface area contributed by atoms with Crippen LogP contribution in [0.15, 0.2) is 47.0 Å². The molecule has 12 heteroatoms. The third-order valence-electron chi connectivity index (χ3n) is 6.56. The number of carbonyl (C=O) groups excluding carboxylic acids is 2. The van der Waals surface area contributed by atoms with E-state index in [1.54, 1.807) is 29.2 Å². The molecule has 1 aromatic carbocycles. The molecular formula is C24H21F4N5O3. The Bertz CT molecular complexity index is 1270. The van der Waals surface area contributed by atoms with Gasteiger partial charge in [-0.05, 0) is 42.7 Å². The number of amides is 2. The van der Waals surface area contributed by atoms with E-state index in [9.17, 15) is 27.2 Å².